The largest absolute Gasteiger partial charge is 0.507 e. The van der Waals surface area contributed by atoms with E-state index in [1.165, 1.54) is 12.2 Å². The van der Waals surface area contributed by atoms with Crippen LogP contribution in [0.15, 0.2) is 30.3 Å². The number of carbonyl (C=O) groups is 1. The number of hydroxylamine groups is 1. The van der Waals surface area contributed by atoms with Crippen LogP contribution in [0.25, 0.3) is 11.6 Å². The van der Waals surface area contributed by atoms with Gasteiger partial charge in [0.2, 0.25) is 0 Å². The van der Waals surface area contributed by atoms with Gasteiger partial charge in [-0.2, -0.15) is 5.06 Å². The molecule has 0 saturated heterocycles. The number of nitrogens with zero attached hydrogens (tertiary/aromatic N) is 1. The maximum atomic E-state index is 13.2. The Morgan fingerprint density at radius 1 is 1.00 bits per heavy atom. The predicted octanol–water partition coefficient (Wildman–Crippen LogP) is 5.98. The highest BCUT2D eigenvalue weighted by molar-refractivity contribution is 6.35. The number of hydrogen-bond acceptors (Lipinski definition) is 4. The van der Waals surface area contributed by atoms with Gasteiger partial charge in [0, 0.05) is 16.7 Å². The molecule has 0 radical (unpaired) electrons. The summed E-state index contributed by atoms with van der Waals surface area (Å²) >= 11 is 0. The fourth-order valence-electron chi connectivity index (χ4n) is 4.06. The SMILES string of the molecule is CON1C(=O)C(=Cc2cc(C(C)(C)C)c(O)c(C(C)(C)C)c2)c2cc(OC3CC3)ccc21. The van der Waals surface area contributed by atoms with Crippen LogP contribution in [-0.4, -0.2) is 24.2 Å². The summed E-state index contributed by atoms with van der Waals surface area (Å²) in [6.45, 7) is 12.5. The lowest BCUT2D eigenvalue weighted by molar-refractivity contribution is -0.118. The van der Waals surface area contributed by atoms with Crippen LogP contribution in [0.1, 0.15) is 76.6 Å². The number of amides is 1. The minimum atomic E-state index is -0.250. The number of aromatic hydroxyl groups is 1. The lowest BCUT2D eigenvalue weighted by atomic mass is 9.78. The third-order valence-electron chi connectivity index (χ3n) is 5.96. The molecule has 2 aliphatic rings. The van der Waals surface area contributed by atoms with Crippen molar-refractivity contribution in [3.63, 3.8) is 0 Å². The number of hydrogen-bond donors (Lipinski definition) is 1. The molecule has 5 heteroatoms. The summed E-state index contributed by atoms with van der Waals surface area (Å²) in [5.41, 5.74) is 4.14. The Morgan fingerprint density at radius 2 is 1.59 bits per heavy atom. The first-order valence-electron chi connectivity index (χ1n) is 11.2. The van der Waals surface area contributed by atoms with Crippen LogP contribution in [-0.2, 0) is 20.5 Å². The van der Waals surface area contributed by atoms with E-state index in [0.717, 1.165) is 40.8 Å². The molecule has 1 saturated carbocycles. The van der Waals surface area contributed by atoms with E-state index < -0.39 is 0 Å². The van der Waals surface area contributed by atoms with Gasteiger partial charge in [0.1, 0.15) is 11.5 Å². The smallest absolute Gasteiger partial charge is 0.282 e. The van der Waals surface area contributed by atoms with E-state index in [4.69, 9.17) is 9.57 Å². The van der Waals surface area contributed by atoms with Crippen LogP contribution in [0.3, 0.4) is 0 Å². The first kappa shape index (κ1) is 22.4. The van der Waals surface area contributed by atoms with Gasteiger partial charge >= 0.3 is 0 Å². The first-order chi connectivity index (χ1) is 14.9. The van der Waals surface area contributed by atoms with Gasteiger partial charge in [-0.3, -0.25) is 9.63 Å². The highest BCUT2D eigenvalue weighted by Gasteiger charge is 2.35. The predicted molar refractivity (Wildman–Crippen MR) is 128 cm³/mol. The van der Waals surface area contributed by atoms with Crippen LogP contribution >= 0.6 is 0 Å². The fourth-order valence-corrected chi connectivity index (χ4v) is 4.06. The lowest BCUT2D eigenvalue weighted by Gasteiger charge is -2.28. The molecular formula is C27H33NO4. The molecule has 2 aromatic rings. The number of rotatable bonds is 4. The molecule has 1 heterocycles. The van der Waals surface area contributed by atoms with E-state index in [1.807, 2.05) is 36.4 Å². The topological polar surface area (TPSA) is 59.0 Å². The van der Waals surface area contributed by atoms with Crippen molar-refractivity contribution in [2.24, 2.45) is 0 Å². The van der Waals surface area contributed by atoms with E-state index in [0.29, 0.717) is 17.0 Å². The number of carbonyl (C=O) groups excluding carboxylic acids is 1. The average molecular weight is 436 g/mol. The minimum Gasteiger partial charge on any atom is -0.507 e. The molecule has 1 N–H and O–H groups in total. The number of ether oxygens (including phenoxy) is 1. The second kappa shape index (κ2) is 7.66. The van der Waals surface area contributed by atoms with Gasteiger partial charge in [-0.05, 0) is 65.6 Å². The van der Waals surface area contributed by atoms with Gasteiger partial charge < -0.3 is 9.84 Å². The molecule has 1 aliphatic carbocycles. The van der Waals surface area contributed by atoms with Crippen molar-refractivity contribution in [2.75, 3.05) is 12.2 Å². The van der Waals surface area contributed by atoms with E-state index in [2.05, 4.69) is 41.5 Å². The van der Waals surface area contributed by atoms with E-state index in [1.54, 1.807) is 0 Å². The lowest BCUT2D eigenvalue weighted by Crippen LogP contribution is -2.24. The van der Waals surface area contributed by atoms with Gasteiger partial charge in [-0.1, -0.05) is 41.5 Å². The summed E-state index contributed by atoms with van der Waals surface area (Å²) < 4.78 is 5.97. The number of benzene rings is 2. The Bertz CT molecular complexity index is 1060. The molecule has 0 spiro atoms. The summed E-state index contributed by atoms with van der Waals surface area (Å²) in [6, 6.07) is 9.63. The Balaban J connectivity index is 1.87. The number of phenolic OH excluding ortho intramolecular Hbond substituents is 1. The molecule has 170 valence electrons. The van der Waals surface area contributed by atoms with Crippen LogP contribution in [0.4, 0.5) is 5.69 Å². The zero-order valence-electron chi connectivity index (χ0n) is 20.1. The molecule has 1 fully saturated rings. The third-order valence-corrected chi connectivity index (χ3v) is 5.96. The van der Waals surface area contributed by atoms with Crippen molar-refractivity contribution in [3.8, 4) is 11.5 Å². The van der Waals surface area contributed by atoms with Crippen LogP contribution in [0.5, 0.6) is 11.5 Å². The summed E-state index contributed by atoms with van der Waals surface area (Å²) in [4.78, 5) is 18.6. The Hall–Kier alpha value is -2.79. The van der Waals surface area contributed by atoms with E-state index in [-0.39, 0.29) is 22.8 Å². The van der Waals surface area contributed by atoms with Crippen LogP contribution < -0.4 is 9.80 Å². The van der Waals surface area contributed by atoms with Crippen molar-refractivity contribution in [3.05, 3.63) is 52.6 Å². The highest BCUT2D eigenvalue weighted by Crippen LogP contribution is 2.43. The molecule has 0 unspecified atom stereocenters. The number of fused-ring (bicyclic) bond motifs is 1. The zero-order valence-corrected chi connectivity index (χ0v) is 20.1. The molecule has 1 aliphatic heterocycles. The highest BCUT2D eigenvalue weighted by atomic mass is 16.7. The molecule has 5 nitrogen and oxygen atoms in total. The van der Waals surface area contributed by atoms with Crippen molar-refractivity contribution >= 4 is 23.2 Å². The van der Waals surface area contributed by atoms with E-state index in [9.17, 15) is 9.90 Å². The molecule has 2 aromatic carbocycles. The summed E-state index contributed by atoms with van der Waals surface area (Å²) in [7, 11) is 1.50. The second-order valence-corrected chi connectivity index (χ2v) is 10.8. The standard InChI is InChI=1S/C27H33NO4/c1-26(2,3)21-13-16(14-22(24(21)29)27(4,5)6)12-20-19-15-18(32-17-8-9-17)10-11-23(19)28(31-7)25(20)30/h10-15,17,29H,8-9H2,1-7H3. The van der Waals surface area contributed by atoms with Crippen LogP contribution in [0, 0.1) is 0 Å². The second-order valence-electron chi connectivity index (χ2n) is 10.8. The molecule has 32 heavy (non-hydrogen) atoms. The number of phenols is 1. The Morgan fingerprint density at radius 3 is 2.09 bits per heavy atom. The maximum Gasteiger partial charge on any atom is 0.282 e. The summed E-state index contributed by atoms with van der Waals surface area (Å²) in [5.74, 6) is 0.872. The monoisotopic (exact) mass is 435 g/mol. The van der Waals surface area contributed by atoms with Gasteiger partial charge in [0.25, 0.3) is 5.91 Å². The molecule has 4 rings (SSSR count). The quantitative estimate of drug-likeness (QED) is 0.601. The Labute approximate surface area is 190 Å². The van der Waals surface area contributed by atoms with Gasteiger partial charge in [-0.15, -0.1) is 0 Å². The van der Waals surface area contributed by atoms with Gasteiger partial charge in [-0.25, -0.2) is 0 Å². The zero-order chi connectivity index (χ0) is 23.4. The van der Waals surface area contributed by atoms with Crippen molar-refractivity contribution in [1.82, 2.24) is 0 Å². The van der Waals surface area contributed by atoms with Crippen molar-refractivity contribution in [2.45, 2.75) is 71.3 Å². The molecule has 0 bridgehead atoms. The summed E-state index contributed by atoms with van der Waals surface area (Å²) in [6.07, 6.45) is 4.31. The molecule has 0 aromatic heterocycles. The molecular weight excluding hydrogens is 402 g/mol. The Kier molecular flexibility index (Phi) is 5.36. The normalized spacial score (nSPS) is 17.8. The number of anilines is 1. The maximum absolute atomic E-state index is 13.2. The average Bonchev–Trinajstić information content (AvgIpc) is 3.46. The molecule has 0 atom stereocenters. The van der Waals surface area contributed by atoms with Crippen LogP contribution in [0.2, 0.25) is 0 Å². The minimum absolute atomic E-state index is 0.214. The first-order valence-corrected chi connectivity index (χ1v) is 11.2. The summed E-state index contributed by atoms with van der Waals surface area (Å²) in [5, 5.41) is 12.3. The third kappa shape index (κ3) is 4.14. The van der Waals surface area contributed by atoms with Crippen molar-refractivity contribution < 1.29 is 19.5 Å². The van der Waals surface area contributed by atoms with E-state index >= 15 is 0 Å². The van der Waals surface area contributed by atoms with Gasteiger partial charge in [0.15, 0.2) is 0 Å². The van der Waals surface area contributed by atoms with Gasteiger partial charge in [0.05, 0.1) is 24.5 Å². The molecule has 1 amide bonds. The van der Waals surface area contributed by atoms with Crippen molar-refractivity contribution in [1.29, 1.82) is 0 Å². The fraction of sp³-hybridized carbons (Fsp3) is 0.444.